The van der Waals surface area contributed by atoms with Crippen molar-refractivity contribution < 1.29 is 9.47 Å². The van der Waals surface area contributed by atoms with Crippen molar-refractivity contribution in [1.82, 2.24) is 0 Å². The Balaban J connectivity index is 2.06. The van der Waals surface area contributed by atoms with Gasteiger partial charge in [-0.1, -0.05) is 18.2 Å². The van der Waals surface area contributed by atoms with E-state index < -0.39 is 0 Å². The number of para-hydroxylation sites is 2. The van der Waals surface area contributed by atoms with Gasteiger partial charge in [0.05, 0.1) is 0 Å². The molecule has 1 aromatic rings. The average molecular weight is 191 g/mol. The largest absolute Gasteiger partial charge is 0.486 e. The van der Waals surface area contributed by atoms with Gasteiger partial charge >= 0.3 is 0 Å². The first-order valence-corrected chi connectivity index (χ1v) is 4.65. The van der Waals surface area contributed by atoms with Crippen molar-refractivity contribution in [2.45, 2.75) is 12.5 Å². The van der Waals surface area contributed by atoms with E-state index in [1.807, 2.05) is 30.3 Å². The zero-order valence-electron chi connectivity index (χ0n) is 7.85. The second-order valence-corrected chi connectivity index (χ2v) is 3.16. The van der Waals surface area contributed by atoms with Crippen LogP contribution in [-0.4, -0.2) is 12.7 Å². The fourth-order valence-corrected chi connectivity index (χ4v) is 1.41. The minimum absolute atomic E-state index is 0.0738. The highest BCUT2D eigenvalue weighted by Crippen LogP contribution is 2.31. The van der Waals surface area contributed by atoms with Crippen LogP contribution in [0.3, 0.4) is 0 Å². The van der Waals surface area contributed by atoms with Crippen molar-refractivity contribution >= 4 is 0 Å². The quantitative estimate of drug-likeness (QED) is 0.773. The number of hydrogen-bond donors (Lipinski definition) is 1. The van der Waals surface area contributed by atoms with Crippen molar-refractivity contribution in [1.29, 1.82) is 0 Å². The van der Waals surface area contributed by atoms with E-state index in [0.29, 0.717) is 6.61 Å². The van der Waals surface area contributed by atoms with E-state index in [-0.39, 0.29) is 6.10 Å². The summed E-state index contributed by atoms with van der Waals surface area (Å²) >= 11 is 0. The molecule has 0 saturated heterocycles. The molecule has 1 heterocycles. The SMILES string of the molecule is NC=CCC1COc2ccccc2O1. The summed E-state index contributed by atoms with van der Waals surface area (Å²) < 4.78 is 11.2. The van der Waals surface area contributed by atoms with E-state index >= 15 is 0 Å². The van der Waals surface area contributed by atoms with Gasteiger partial charge in [0.15, 0.2) is 11.5 Å². The molecule has 3 heteroatoms. The summed E-state index contributed by atoms with van der Waals surface area (Å²) in [4.78, 5) is 0. The summed E-state index contributed by atoms with van der Waals surface area (Å²) in [7, 11) is 0. The first-order valence-electron chi connectivity index (χ1n) is 4.65. The highest BCUT2D eigenvalue weighted by molar-refractivity contribution is 5.40. The molecule has 0 radical (unpaired) electrons. The summed E-state index contributed by atoms with van der Waals surface area (Å²) in [5.74, 6) is 1.63. The first-order chi connectivity index (χ1) is 6.90. The molecule has 14 heavy (non-hydrogen) atoms. The Morgan fingerprint density at radius 3 is 2.93 bits per heavy atom. The molecule has 1 aliphatic rings. The molecule has 0 bridgehead atoms. The molecule has 1 aromatic carbocycles. The number of fused-ring (bicyclic) bond motifs is 1. The van der Waals surface area contributed by atoms with Gasteiger partial charge in [-0.3, -0.25) is 0 Å². The van der Waals surface area contributed by atoms with Crippen LogP contribution in [0.4, 0.5) is 0 Å². The molecule has 74 valence electrons. The van der Waals surface area contributed by atoms with Gasteiger partial charge in [-0.05, 0) is 18.3 Å². The second-order valence-electron chi connectivity index (χ2n) is 3.16. The predicted octanol–water partition coefficient (Wildman–Crippen LogP) is 1.69. The van der Waals surface area contributed by atoms with Gasteiger partial charge < -0.3 is 15.2 Å². The van der Waals surface area contributed by atoms with Crippen LogP contribution in [0.15, 0.2) is 36.5 Å². The van der Waals surface area contributed by atoms with Crippen LogP contribution in [0.1, 0.15) is 6.42 Å². The molecule has 0 aromatic heterocycles. The third kappa shape index (κ3) is 1.82. The fraction of sp³-hybridized carbons (Fsp3) is 0.273. The van der Waals surface area contributed by atoms with Gasteiger partial charge in [0.1, 0.15) is 12.7 Å². The van der Waals surface area contributed by atoms with Crippen LogP contribution >= 0.6 is 0 Å². The van der Waals surface area contributed by atoms with Gasteiger partial charge in [0.2, 0.25) is 0 Å². The van der Waals surface area contributed by atoms with Crippen LogP contribution in [-0.2, 0) is 0 Å². The minimum atomic E-state index is 0.0738. The molecule has 1 atom stereocenters. The molecule has 3 nitrogen and oxygen atoms in total. The van der Waals surface area contributed by atoms with E-state index in [1.165, 1.54) is 6.20 Å². The summed E-state index contributed by atoms with van der Waals surface area (Å²) in [6.07, 6.45) is 4.26. The maximum atomic E-state index is 5.70. The lowest BCUT2D eigenvalue weighted by atomic mass is 10.2. The molecular formula is C11H13NO2. The van der Waals surface area contributed by atoms with Crippen LogP contribution in [0.25, 0.3) is 0 Å². The molecule has 0 fully saturated rings. The van der Waals surface area contributed by atoms with E-state index in [0.717, 1.165) is 17.9 Å². The molecule has 1 aliphatic heterocycles. The predicted molar refractivity (Wildman–Crippen MR) is 54.3 cm³/mol. The Bertz CT molecular complexity index is 336. The van der Waals surface area contributed by atoms with Crippen molar-refractivity contribution in [3.05, 3.63) is 36.5 Å². The van der Waals surface area contributed by atoms with Crippen LogP contribution < -0.4 is 15.2 Å². The van der Waals surface area contributed by atoms with Gasteiger partial charge in [-0.15, -0.1) is 0 Å². The Labute approximate surface area is 83.1 Å². The molecule has 0 saturated carbocycles. The molecule has 2 rings (SSSR count). The second kappa shape index (κ2) is 4.05. The average Bonchev–Trinajstić information content (AvgIpc) is 2.26. The van der Waals surface area contributed by atoms with Gasteiger partial charge in [-0.25, -0.2) is 0 Å². The maximum absolute atomic E-state index is 5.70. The summed E-state index contributed by atoms with van der Waals surface area (Å²) in [5, 5.41) is 0. The zero-order chi connectivity index (χ0) is 9.80. The van der Waals surface area contributed by atoms with Crippen LogP contribution in [0.2, 0.25) is 0 Å². The molecular weight excluding hydrogens is 178 g/mol. The Kier molecular flexibility index (Phi) is 2.58. The lowest BCUT2D eigenvalue weighted by molar-refractivity contribution is 0.0931. The fourth-order valence-electron chi connectivity index (χ4n) is 1.41. The monoisotopic (exact) mass is 191 g/mol. The van der Waals surface area contributed by atoms with E-state index in [2.05, 4.69) is 0 Å². The standard InChI is InChI=1S/C11H13NO2/c12-7-3-4-9-8-13-10-5-1-2-6-11(10)14-9/h1-3,5-7,9H,4,8,12H2. The topological polar surface area (TPSA) is 44.5 Å². The summed E-state index contributed by atoms with van der Waals surface area (Å²) in [6, 6.07) is 7.68. The lowest BCUT2D eigenvalue weighted by Crippen LogP contribution is -2.28. The molecule has 1 unspecified atom stereocenters. The number of benzene rings is 1. The smallest absolute Gasteiger partial charge is 0.161 e. The van der Waals surface area contributed by atoms with Crippen molar-refractivity contribution in [2.75, 3.05) is 6.61 Å². The molecule has 0 amide bonds. The molecule has 0 spiro atoms. The molecule has 0 aliphatic carbocycles. The number of nitrogens with two attached hydrogens (primary N) is 1. The first kappa shape index (κ1) is 8.94. The number of hydrogen-bond acceptors (Lipinski definition) is 3. The van der Waals surface area contributed by atoms with Crippen molar-refractivity contribution in [3.8, 4) is 11.5 Å². The van der Waals surface area contributed by atoms with Gasteiger partial charge in [-0.2, -0.15) is 0 Å². The Morgan fingerprint density at radius 2 is 2.14 bits per heavy atom. The van der Waals surface area contributed by atoms with Gasteiger partial charge in [0, 0.05) is 6.42 Å². The third-order valence-electron chi connectivity index (χ3n) is 2.10. The van der Waals surface area contributed by atoms with Crippen LogP contribution in [0.5, 0.6) is 11.5 Å². The third-order valence-corrected chi connectivity index (χ3v) is 2.10. The zero-order valence-corrected chi connectivity index (χ0v) is 7.85. The van der Waals surface area contributed by atoms with E-state index in [9.17, 15) is 0 Å². The summed E-state index contributed by atoms with van der Waals surface area (Å²) in [5.41, 5.74) is 5.26. The molecule has 2 N–H and O–H groups in total. The number of rotatable bonds is 2. The van der Waals surface area contributed by atoms with Crippen molar-refractivity contribution in [3.63, 3.8) is 0 Å². The van der Waals surface area contributed by atoms with E-state index in [1.54, 1.807) is 0 Å². The Morgan fingerprint density at radius 1 is 1.36 bits per heavy atom. The minimum Gasteiger partial charge on any atom is -0.486 e. The highest BCUT2D eigenvalue weighted by atomic mass is 16.6. The lowest BCUT2D eigenvalue weighted by Gasteiger charge is -2.25. The van der Waals surface area contributed by atoms with Gasteiger partial charge in [0.25, 0.3) is 0 Å². The van der Waals surface area contributed by atoms with Crippen molar-refractivity contribution in [2.24, 2.45) is 5.73 Å². The van der Waals surface area contributed by atoms with Crippen LogP contribution in [0, 0.1) is 0 Å². The summed E-state index contributed by atoms with van der Waals surface area (Å²) in [6.45, 7) is 0.585. The highest BCUT2D eigenvalue weighted by Gasteiger charge is 2.18. The maximum Gasteiger partial charge on any atom is 0.161 e. The van der Waals surface area contributed by atoms with E-state index in [4.69, 9.17) is 15.2 Å². The number of ether oxygens (including phenoxy) is 2. The Hall–Kier alpha value is -1.64. The normalized spacial score (nSPS) is 19.9.